The molecule has 1 N–H and O–H groups in total. The molecule has 0 atom stereocenters. The second kappa shape index (κ2) is 3.85. The Morgan fingerprint density at radius 1 is 1.12 bits per heavy atom. The standard InChI is InChI=1S/C13H13N3/c1-2-9-16(8-1)12-5-3-4-11(10-12)13-14-6-7-15-13/h1-5,8-10H,6-7H2,(H,14,15). The number of aromatic nitrogens is 1. The van der Waals surface area contributed by atoms with Crippen LogP contribution in [0.5, 0.6) is 0 Å². The van der Waals surface area contributed by atoms with E-state index in [4.69, 9.17) is 0 Å². The predicted octanol–water partition coefficient (Wildman–Crippen LogP) is 1.83. The van der Waals surface area contributed by atoms with Crippen LogP contribution in [0.25, 0.3) is 5.69 Å². The van der Waals surface area contributed by atoms with Crippen molar-refractivity contribution in [3.05, 3.63) is 54.4 Å². The minimum absolute atomic E-state index is 0.878. The highest BCUT2D eigenvalue weighted by Crippen LogP contribution is 2.12. The smallest absolute Gasteiger partial charge is 0.128 e. The Hall–Kier alpha value is -2.03. The van der Waals surface area contributed by atoms with Gasteiger partial charge < -0.3 is 9.88 Å². The molecule has 1 aliphatic rings. The van der Waals surface area contributed by atoms with Gasteiger partial charge in [-0.3, -0.25) is 4.99 Å². The first-order valence-electron chi connectivity index (χ1n) is 5.45. The third kappa shape index (κ3) is 1.60. The van der Waals surface area contributed by atoms with Crippen LogP contribution in [-0.4, -0.2) is 23.5 Å². The zero-order valence-electron chi connectivity index (χ0n) is 8.93. The number of hydrogen-bond acceptors (Lipinski definition) is 2. The Labute approximate surface area is 94.4 Å². The molecule has 0 unspecified atom stereocenters. The monoisotopic (exact) mass is 211 g/mol. The Kier molecular flexibility index (Phi) is 2.22. The van der Waals surface area contributed by atoms with Crippen molar-refractivity contribution in [3.63, 3.8) is 0 Å². The highest BCUT2D eigenvalue weighted by molar-refractivity contribution is 6.00. The predicted molar refractivity (Wildman–Crippen MR) is 65.2 cm³/mol. The number of aliphatic imine (C=N–C) groups is 1. The summed E-state index contributed by atoms with van der Waals surface area (Å²) in [5.41, 5.74) is 2.32. The first kappa shape index (κ1) is 9.21. The molecule has 2 aromatic rings. The summed E-state index contributed by atoms with van der Waals surface area (Å²) in [4.78, 5) is 4.42. The van der Waals surface area contributed by atoms with Gasteiger partial charge in [-0.2, -0.15) is 0 Å². The van der Waals surface area contributed by atoms with E-state index in [0.29, 0.717) is 0 Å². The summed E-state index contributed by atoms with van der Waals surface area (Å²) in [6.45, 7) is 1.83. The summed E-state index contributed by atoms with van der Waals surface area (Å²) >= 11 is 0. The second-order valence-electron chi connectivity index (χ2n) is 3.80. The van der Waals surface area contributed by atoms with E-state index < -0.39 is 0 Å². The molecular weight excluding hydrogens is 198 g/mol. The summed E-state index contributed by atoms with van der Waals surface area (Å²) < 4.78 is 2.10. The van der Waals surface area contributed by atoms with Gasteiger partial charge in [0.1, 0.15) is 5.84 Å². The SMILES string of the molecule is c1cc(C2=NCCN2)cc(-n2cccc2)c1. The van der Waals surface area contributed by atoms with Gasteiger partial charge in [-0.25, -0.2) is 0 Å². The summed E-state index contributed by atoms with van der Waals surface area (Å²) in [6, 6.07) is 12.4. The van der Waals surface area contributed by atoms with E-state index in [1.54, 1.807) is 0 Å². The zero-order chi connectivity index (χ0) is 10.8. The van der Waals surface area contributed by atoms with Crippen LogP contribution >= 0.6 is 0 Å². The van der Waals surface area contributed by atoms with Crippen molar-refractivity contribution < 1.29 is 0 Å². The molecular formula is C13H13N3. The molecule has 0 amide bonds. The number of nitrogens with zero attached hydrogens (tertiary/aromatic N) is 2. The Morgan fingerprint density at radius 3 is 2.75 bits per heavy atom. The fourth-order valence-electron chi connectivity index (χ4n) is 1.91. The molecule has 3 nitrogen and oxygen atoms in total. The molecule has 3 rings (SSSR count). The second-order valence-corrected chi connectivity index (χ2v) is 3.80. The summed E-state index contributed by atoms with van der Waals surface area (Å²) in [5.74, 6) is 1.01. The van der Waals surface area contributed by atoms with Crippen molar-refractivity contribution in [1.82, 2.24) is 9.88 Å². The molecule has 0 saturated heterocycles. The van der Waals surface area contributed by atoms with Crippen LogP contribution in [0.15, 0.2) is 53.8 Å². The molecule has 80 valence electrons. The van der Waals surface area contributed by atoms with Crippen molar-refractivity contribution in [3.8, 4) is 5.69 Å². The normalized spacial score (nSPS) is 14.6. The third-order valence-corrected chi connectivity index (χ3v) is 2.70. The van der Waals surface area contributed by atoms with Gasteiger partial charge >= 0.3 is 0 Å². The molecule has 0 spiro atoms. The molecule has 0 fully saturated rings. The van der Waals surface area contributed by atoms with Gasteiger partial charge in [0.15, 0.2) is 0 Å². The highest BCUT2D eigenvalue weighted by atomic mass is 15.1. The maximum absolute atomic E-state index is 4.42. The molecule has 0 bridgehead atoms. The summed E-state index contributed by atoms with van der Waals surface area (Å²) in [7, 11) is 0. The largest absolute Gasteiger partial charge is 0.368 e. The highest BCUT2D eigenvalue weighted by Gasteiger charge is 2.08. The van der Waals surface area contributed by atoms with Gasteiger partial charge in [0.2, 0.25) is 0 Å². The minimum atomic E-state index is 0.878. The topological polar surface area (TPSA) is 29.3 Å². The van der Waals surface area contributed by atoms with Crippen LogP contribution in [0.2, 0.25) is 0 Å². The average molecular weight is 211 g/mol. The van der Waals surface area contributed by atoms with Crippen LogP contribution in [-0.2, 0) is 0 Å². The van der Waals surface area contributed by atoms with Crippen LogP contribution in [0.4, 0.5) is 0 Å². The van der Waals surface area contributed by atoms with Crippen molar-refractivity contribution in [2.24, 2.45) is 4.99 Å². The lowest BCUT2D eigenvalue weighted by atomic mass is 10.2. The lowest BCUT2D eigenvalue weighted by Crippen LogP contribution is -2.19. The van der Waals surface area contributed by atoms with Gasteiger partial charge in [-0.15, -0.1) is 0 Å². The Morgan fingerprint density at radius 2 is 2.00 bits per heavy atom. The lowest BCUT2D eigenvalue weighted by Gasteiger charge is -2.06. The van der Waals surface area contributed by atoms with Crippen LogP contribution < -0.4 is 5.32 Å². The van der Waals surface area contributed by atoms with Crippen LogP contribution in [0.1, 0.15) is 5.56 Å². The number of amidine groups is 1. The molecule has 1 aromatic heterocycles. The first-order valence-corrected chi connectivity index (χ1v) is 5.45. The fraction of sp³-hybridized carbons (Fsp3) is 0.154. The quantitative estimate of drug-likeness (QED) is 0.806. The molecule has 1 aromatic carbocycles. The number of nitrogens with one attached hydrogen (secondary N) is 1. The maximum atomic E-state index is 4.42. The van der Waals surface area contributed by atoms with E-state index in [-0.39, 0.29) is 0 Å². The van der Waals surface area contributed by atoms with E-state index in [0.717, 1.165) is 24.5 Å². The van der Waals surface area contributed by atoms with Gasteiger partial charge in [-0.1, -0.05) is 12.1 Å². The molecule has 0 radical (unpaired) electrons. The summed E-state index contributed by atoms with van der Waals surface area (Å²) in [5, 5.41) is 3.29. The van der Waals surface area contributed by atoms with E-state index in [2.05, 4.69) is 39.1 Å². The van der Waals surface area contributed by atoms with Gasteiger partial charge in [-0.05, 0) is 24.3 Å². The molecule has 2 heterocycles. The third-order valence-electron chi connectivity index (χ3n) is 2.70. The zero-order valence-corrected chi connectivity index (χ0v) is 8.93. The molecule has 16 heavy (non-hydrogen) atoms. The first-order chi connectivity index (χ1) is 7.93. The summed E-state index contributed by atoms with van der Waals surface area (Å²) in [6.07, 6.45) is 4.09. The van der Waals surface area contributed by atoms with Gasteiger partial charge in [0.05, 0.1) is 6.54 Å². The average Bonchev–Trinajstić information content (AvgIpc) is 3.03. The van der Waals surface area contributed by atoms with Crippen molar-refractivity contribution in [1.29, 1.82) is 0 Å². The molecule has 1 aliphatic heterocycles. The van der Waals surface area contributed by atoms with E-state index in [1.165, 1.54) is 5.69 Å². The number of benzene rings is 1. The van der Waals surface area contributed by atoms with E-state index >= 15 is 0 Å². The van der Waals surface area contributed by atoms with E-state index in [9.17, 15) is 0 Å². The van der Waals surface area contributed by atoms with Crippen LogP contribution in [0.3, 0.4) is 0 Å². The minimum Gasteiger partial charge on any atom is -0.368 e. The van der Waals surface area contributed by atoms with Gasteiger partial charge in [0, 0.05) is 30.2 Å². The van der Waals surface area contributed by atoms with Gasteiger partial charge in [0.25, 0.3) is 0 Å². The maximum Gasteiger partial charge on any atom is 0.128 e. The molecule has 3 heteroatoms. The fourth-order valence-corrected chi connectivity index (χ4v) is 1.91. The van der Waals surface area contributed by atoms with Crippen molar-refractivity contribution in [2.75, 3.05) is 13.1 Å². The molecule has 0 aliphatic carbocycles. The number of hydrogen-bond donors (Lipinski definition) is 1. The van der Waals surface area contributed by atoms with Crippen molar-refractivity contribution >= 4 is 5.84 Å². The lowest BCUT2D eigenvalue weighted by molar-refractivity contribution is 0.960. The Bertz CT molecular complexity index is 512. The number of rotatable bonds is 2. The van der Waals surface area contributed by atoms with E-state index in [1.807, 2.05) is 24.5 Å². The van der Waals surface area contributed by atoms with Crippen LogP contribution in [0, 0.1) is 0 Å². The Balaban J connectivity index is 2.00. The van der Waals surface area contributed by atoms with Crippen molar-refractivity contribution in [2.45, 2.75) is 0 Å². The molecule has 0 saturated carbocycles.